The minimum atomic E-state index is -0.736. The molecule has 1 aliphatic rings. The lowest BCUT2D eigenvalue weighted by atomic mass is 9.98. The first-order valence-electron chi connectivity index (χ1n) is 4.33. The third-order valence-electron chi connectivity index (χ3n) is 1.99. The van der Waals surface area contributed by atoms with E-state index < -0.39 is 5.60 Å². The van der Waals surface area contributed by atoms with Crippen molar-refractivity contribution in [3.63, 3.8) is 0 Å². The number of aliphatic hydroxyl groups excluding tert-OH is 1. The maximum atomic E-state index is 11.3. The number of aliphatic hydroxyl groups is 2. The summed E-state index contributed by atoms with van der Waals surface area (Å²) >= 11 is 0. The monoisotopic (exact) mass is 188 g/mol. The SMILES string of the molecule is C[C@@H](CO)NC(=O)N1CC(C)(O)C1. The summed E-state index contributed by atoms with van der Waals surface area (Å²) in [6, 6.07) is -0.467. The van der Waals surface area contributed by atoms with Gasteiger partial charge < -0.3 is 20.4 Å². The van der Waals surface area contributed by atoms with Gasteiger partial charge in [-0.15, -0.1) is 0 Å². The second kappa shape index (κ2) is 3.51. The first-order valence-corrected chi connectivity index (χ1v) is 4.33. The number of carbonyl (C=O) groups excluding carboxylic acids is 1. The molecule has 2 amide bonds. The summed E-state index contributed by atoms with van der Waals surface area (Å²) in [7, 11) is 0. The predicted molar refractivity (Wildman–Crippen MR) is 47.3 cm³/mol. The van der Waals surface area contributed by atoms with Crippen molar-refractivity contribution in [1.29, 1.82) is 0 Å². The molecule has 76 valence electrons. The van der Waals surface area contributed by atoms with Gasteiger partial charge >= 0.3 is 6.03 Å². The van der Waals surface area contributed by atoms with Gasteiger partial charge in [0.1, 0.15) is 0 Å². The molecule has 0 aromatic heterocycles. The topological polar surface area (TPSA) is 72.8 Å². The highest BCUT2D eigenvalue weighted by molar-refractivity contribution is 5.75. The fraction of sp³-hybridized carbons (Fsp3) is 0.875. The van der Waals surface area contributed by atoms with Crippen LogP contribution in [0.5, 0.6) is 0 Å². The van der Waals surface area contributed by atoms with E-state index in [2.05, 4.69) is 5.32 Å². The Balaban J connectivity index is 2.27. The van der Waals surface area contributed by atoms with Crippen molar-refractivity contribution >= 4 is 6.03 Å². The molecular formula is C8H16N2O3. The van der Waals surface area contributed by atoms with E-state index in [9.17, 15) is 9.90 Å². The molecule has 1 fully saturated rings. The number of β-amino-alcohol motifs (C(OH)–C–C–N with tert-alkyl or cyclic N) is 1. The van der Waals surface area contributed by atoms with Gasteiger partial charge in [-0.3, -0.25) is 0 Å². The van der Waals surface area contributed by atoms with E-state index in [1.54, 1.807) is 13.8 Å². The molecule has 13 heavy (non-hydrogen) atoms. The maximum absolute atomic E-state index is 11.3. The number of hydrogen-bond acceptors (Lipinski definition) is 3. The van der Waals surface area contributed by atoms with E-state index >= 15 is 0 Å². The Morgan fingerprint density at radius 2 is 2.23 bits per heavy atom. The second-order valence-corrected chi connectivity index (χ2v) is 3.89. The minimum Gasteiger partial charge on any atom is -0.394 e. The van der Waals surface area contributed by atoms with E-state index in [1.807, 2.05) is 0 Å². The van der Waals surface area contributed by atoms with Crippen molar-refractivity contribution in [1.82, 2.24) is 10.2 Å². The molecule has 0 aromatic rings. The molecule has 1 saturated heterocycles. The number of amides is 2. The minimum absolute atomic E-state index is 0.0734. The smallest absolute Gasteiger partial charge is 0.317 e. The van der Waals surface area contributed by atoms with Crippen LogP contribution < -0.4 is 5.32 Å². The molecule has 0 spiro atoms. The zero-order valence-electron chi connectivity index (χ0n) is 7.95. The summed E-state index contributed by atoms with van der Waals surface area (Å²) in [5, 5.41) is 20.6. The molecule has 1 heterocycles. The average Bonchev–Trinajstić information content (AvgIpc) is 1.99. The van der Waals surface area contributed by atoms with Crippen LogP contribution in [0.4, 0.5) is 4.79 Å². The van der Waals surface area contributed by atoms with E-state index in [4.69, 9.17) is 5.11 Å². The van der Waals surface area contributed by atoms with E-state index in [-0.39, 0.29) is 18.7 Å². The molecule has 1 aliphatic heterocycles. The largest absolute Gasteiger partial charge is 0.394 e. The van der Waals surface area contributed by atoms with Crippen LogP contribution in [-0.2, 0) is 0 Å². The predicted octanol–water partition coefficient (Wildman–Crippen LogP) is -0.857. The summed E-state index contributed by atoms with van der Waals surface area (Å²) in [5.41, 5.74) is -0.736. The van der Waals surface area contributed by atoms with E-state index in [1.165, 1.54) is 4.90 Å². The Hall–Kier alpha value is -0.810. The van der Waals surface area contributed by atoms with Crippen molar-refractivity contribution in [2.24, 2.45) is 0 Å². The lowest BCUT2D eigenvalue weighted by molar-refractivity contribution is -0.0611. The molecule has 0 bridgehead atoms. The lowest BCUT2D eigenvalue weighted by Gasteiger charge is -2.44. The third-order valence-corrected chi connectivity index (χ3v) is 1.99. The quantitative estimate of drug-likeness (QED) is 0.528. The molecule has 1 rings (SSSR count). The number of nitrogens with zero attached hydrogens (tertiary/aromatic N) is 1. The zero-order valence-corrected chi connectivity index (χ0v) is 7.95. The maximum Gasteiger partial charge on any atom is 0.317 e. The first kappa shape index (κ1) is 10.3. The van der Waals surface area contributed by atoms with Crippen LogP contribution >= 0.6 is 0 Å². The van der Waals surface area contributed by atoms with Crippen molar-refractivity contribution in [2.45, 2.75) is 25.5 Å². The highest BCUT2D eigenvalue weighted by Gasteiger charge is 2.39. The molecule has 5 nitrogen and oxygen atoms in total. The summed E-state index contributed by atoms with van der Waals surface area (Å²) in [6.45, 7) is 4.05. The van der Waals surface area contributed by atoms with Crippen molar-refractivity contribution in [3.8, 4) is 0 Å². The summed E-state index contributed by atoms with van der Waals surface area (Å²) in [6.07, 6.45) is 0. The normalized spacial score (nSPS) is 22.0. The number of likely N-dealkylation sites (tertiary alicyclic amines) is 1. The van der Waals surface area contributed by atoms with Gasteiger partial charge in [0.15, 0.2) is 0 Å². The lowest BCUT2D eigenvalue weighted by Crippen LogP contribution is -2.64. The second-order valence-electron chi connectivity index (χ2n) is 3.89. The number of nitrogens with one attached hydrogen (secondary N) is 1. The van der Waals surface area contributed by atoms with Crippen LogP contribution in [0.2, 0.25) is 0 Å². The van der Waals surface area contributed by atoms with Crippen LogP contribution in [0.3, 0.4) is 0 Å². The number of carbonyl (C=O) groups is 1. The molecule has 0 radical (unpaired) electrons. The fourth-order valence-electron chi connectivity index (χ4n) is 1.27. The number of urea groups is 1. The highest BCUT2D eigenvalue weighted by Crippen LogP contribution is 2.19. The number of rotatable bonds is 2. The van der Waals surface area contributed by atoms with Crippen LogP contribution in [0, 0.1) is 0 Å². The van der Waals surface area contributed by atoms with E-state index in [0.717, 1.165) is 0 Å². The standard InChI is InChI=1S/C8H16N2O3/c1-6(3-11)9-7(12)10-4-8(2,13)5-10/h6,11,13H,3-5H2,1-2H3,(H,9,12)/t6-/m0/s1. The Morgan fingerprint density at radius 3 is 2.62 bits per heavy atom. The Bertz CT molecular complexity index is 198. The van der Waals surface area contributed by atoms with Gasteiger partial charge in [0.05, 0.1) is 31.3 Å². The van der Waals surface area contributed by atoms with Gasteiger partial charge in [-0.25, -0.2) is 4.79 Å². The van der Waals surface area contributed by atoms with Gasteiger partial charge in [0.25, 0.3) is 0 Å². The van der Waals surface area contributed by atoms with Crippen LogP contribution in [0.1, 0.15) is 13.8 Å². The van der Waals surface area contributed by atoms with Crippen molar-refractivity contribution < 1.29 is 15.0 Å². The van der Waals surface area contributed by atoms with Gasteiger partial charge in [-0.05, 0) is 13.8 Å². The van der Waals surface area contributed by atoms with Gasteiger partial charge in [0.2, 0.25) is 0 Å². The van der Waals surface area contributed by atoms with Gasteiger partial charge in [-0.1, -0.05) is 0 Å². The molecule has 5 heteroatoms. The first-order chi connectivity index (χ1) is 5.94. The van der Waals surface area contributed by atoms with Crippen LogP contribution in [0.15, 0.2) is 0 Å². The Labute approximate surface area is 77.3 Å². The molecule has 1 atom stereocenters. The van der Waals surface area contributed by atoms with Gasteiger partial charge in [-0.2, -0.15) is 0 Å². The van der Waals surface area contributed by atoms with Gasteiger partial charge in [0, 0.05) is 0 Å². The molecule has 0 aromatic carbocycles. The molecule has 3 N–H and O–H groups in total. The molecule has 0 saturated carbocycles. The molecule has 0 unspecified atom stereocenters. The van der Waals surface area contributed by atoms with Crippen molar-refractivity contribution in [2.75, 3.05) is 19.7 Å². The highest BCUT2D eigenvalue weighted by atomic mass is 16.3. The fourth-order valence-corrected chi connectivity index (χ4v) is 1.27. The third kappa shape index (κ3) is 2.57. The van der Waals surface area contributed by atoms with Crippen molar-refractivity contribution in [3.05, 3.63) is 0 Å². The summed E-state index contributed by atoms with van der Waals surface area (Å²) < 4.78 is 0. The number of hydrogen-bond donors (Lipinski definition) is 3. The van der Waals surface area contributed by atoms with Crippen LogP contribution in [0.25, 0.3) is 0 Å². The summed E-state index contributed by atoms with van der Waals surface area (Å²) in [5.74, 6) is 0. The molecule has 0 aliphatic carbocycles. The zero-order chi connectivity index (χ0) is 10.1. The van der Waals surface area contributed by atoms with E-state index in [0.29, 0.717) is 13.1 Å². The van der Waals surface area contributed by atoms with Crippen LogP contribution in [-0.4, -0.2) is 52.5 Å². The summed E-state index contributed by atoms with van der Waals surface area (Å²) in [4.78, 5) is 12.8. The average molecular weight is 188 g/mol. The Morgan fingerprint density at radius 1 is 1.69 bits per heavy atom. The molecular weight excluding hydrogens is 172 g/mol. The Kier molecular flexibility index (Phi) is 2.77.